The lowest BCUT2D eigenvalue weighted by Crippen LogP contribution is -2.49. The highest BCUT2D eigenvalue weighted by Gasteiger charge is 2.27. The molecule has 3 aromatic rings. The highest BCUT2D eigenvalue weighted by atomic mass is 32.2. The lowest BCUT2D eigenvalue weighted by atomic mass is 10.2. The molecule has 0 saturated carbocycles. The van der Waals surface area contributed by atoms with Crippen LogP contribution in [0.4, 0.5) is 5.82 Å². The van der Waals surface area contributed by atoms with Gasteiger partial charge in [-0.2, -0.15) is 4.31 Å². The van der Waals surface area contributed by atoms with Gasteiger partial charge in [0.2, 0.25) is 10.0 Å². The zero-order chi connectivity index (χ0) is 24.3. The first kappa shape index (κ1) is 23.3. The molecule has 0 radical (unpaired) electrons. The zero-order valence-corrected chi connectivity index (χ0v) is 20.0. The Labute approximate surface area is 204 Å². The van der Waals surface area contributed by atoms with Crippen LogP contribution >= 0.6 is 0 Å². The monoisotopic (exact) mass is 494 g/mol. The number of rotatable bonds is 5. The van der Waals surface area contributed by atoms with Crippen molar-refractivity contribution in [2.45, 2.75) is 4.90 Å². The molecular weight excluding hydrogens is 468 g/mol. The van der Waals surface area contributed by atoms with E-state index in [-0.39, 0.29) is 10.8 Å². The van der Waals surface area contributed by atoms with Crippen molar-refractivity contribution in [3.63, 3.8) is 0 Å². The number of amides is 1. The molecule has 4 heterocycles. The Morgan fingerprint density at radius 2 is 1.54 bits per heavy atom. The molecule has 2 aliphatic heterocycles. The molecule has 0 bridgehead atoms. The number of benzene rings is 1. The molecule has 2 aromatic heterocycles. The largest absolute Gasteiger partial charge is 0.379 e. The smallest absolute Gasteiger partial charge is 0.253 e. The van der Waals surface area contributed by atoms with Crippen molar-refractivity contribution in [2.24, 2.45) is 0 Å². The number of hydrogen-bond donors (Lipinski definition) is 0. The number of hydrogen-bond acceptors (Lipinski definition) is 8. The number of aromatic nitrogens is 3. The number of pyridine rings is 1. The van der Waals surface area contributed by atoms with Crippen LogP contribution in [-0.4, -0.2) is 91.2 Å². The second kappa shape index (κ2) is 10.1. The first-order chi connectivity index (χ1) is 17.0. The zero-order valence-electron chi connectivity index (χ0n) is 19.2. The fourth-order valence-corrected chi connectivity index (χ4v) is 5.58. The normalized spacial score (nSPS) is 17.4. The molecule has 10 nitrogen and oxygen atoms in total. The second-order valence-electron chi connectivity index (χ2n) is 8.31. The van der Waals surface area contributed by atoms with E-state index >= 15 is 0 Å². The van der Waals surface area contributed by atoms with Gasteiger partial charge in [-0.1, -0.05) is 6.07 Å². The predicted octanol–water partition coefficient (Wildman–Crippen LogP) is 1.52. The topological polar surface area (TPSA) is 109 Å². The minimum absolute atomic E-state index is 0.114. The summed E-state index contributed by atoms with van der Waals surface area (Å²) in [5, 5.41) is 8.64. The van der Waals surface area contributed by atoms with E-state index in [1.807, 2.05) is 30.3 Å². The highest BCUT2D eigenvalue weighted by Crippen LogP contribution is 2.20. The molecular formula is C24H26N6O4S. The molecule has 0 aliphatic carbocycles. The van der Waals surface area contributed by atoms with Crippen LogP contribution in [0.3, 0.4) is 0 Å². The third kappa shape index (κ3) is 5.02. The fraction of sp³-hybridized carbons (Fsp3) is 0.333. The maximum atomic E-state index is 13.0. The number of ether oxygens (including phenoxy) is 1. The molecule has 1 aromatic carbocycles. The van der Waals surface area contributed by atoms with Crippen molar-refractivity contribution in [1.29, 1.82) is 0 Å². The summed E-state index contributed by atoms with van der Waals surface area (Å²) in [6.07, 6.45) is 1.72. The first-order valence-electron chi connectivity index (χ1n) is 11.5. The molecule has 2 saturated heterocycles. The van der Waals surface area contributed by atoms with Crippen molar-refractivity contribution in [3.05, 3.63) is 66.4 Å². The van der Waals surface area contributed by atoms with Gasteiger partial charge in [-0.15, -0.1) is 10.2 Å². The van der Waals surface area contributed by atoms with Crippen LogP contribution in [0.2, 0.25) is 0 Å². The summed E-state index contributed by atoms with van der Waals surface area (Å²) >= 11 is 0. The molecule has 1 amide bonds. The Morgan fingerprint density at radius 3 is 2.17 bits per heavy atom. The van der Waals surface area contributed by atoms with E-state index in [0.717, 1.165) is 11.5 Å². The summed E-state index contributed by atoms with van der Waals surface area (Å²) in [6, 6.07) is 15.7. The van der Waals surface area contributed by atoms with Crippen LogP contribution in [0.1, 0.15) is 10.4 Å². The predicted molar refractivity (Wildman–Crippen MR) is 129 cm³/mol. The van der Waals surface area contributed by atoms with Crippen molar-refractivity contribution < 1.29 is 17.9 Å². The maximum Gasteiger partial charge on any atom is 0.253 e. The van der Waals surface area contributed by atoms with Gasteiger partial charge in [0.15, 0.2) is 5.82 Å². The van der Waals surface area contributed by atoms with Gasteiger partial charge in [0, 0.05) is 51.0 Å². The number of carbonyl (C=O) groups is 1. The van der Waals surface area contributed by atoms with E-state index in [1.165, 1.54) is 16.4 Å². The third-order valence-electron chi connectivity index (χ3n) is 6.18. The van der Waals surface area contributed by atoms with Crippen molar-refractivity contribution in [1.82, 2.24) is 24.4 Å². The molecule has 0 spiro atoms. The summed E-state index contributed by atoms with van der Waals surface area (Å²) < 4.78 is 32.2. The van der Waals surface area contributed by atoms with Gasteiger partial charge < -0.3 is 14.5 Å². The van der Waals surface area contributed by atoms with Gasteiger partial charge in [-0.3, -0.25) is 9.78 Å². The molecule has 182 valence electrons. The lowest BCUT2D eigenvalue weighted by molar-refractivity contribution is 0.0730. The number of carbonyl (C=O) groups excluding carboxylic acids is 1. The SMILES string of the molecule is O=C(c1ccc(S(=O)(=O)N2CCOCC2)cc1)N1CCN(c2ccc(-c3ccccn3)nn2)CC1. The summed E-state index contributed by atoms with van der Waals surface area (Å²) in [6.45, 7) is 3.79. The van der Waals surface area contributed by atoms with Crippen molar-refractivity contribution >= 4 is 21.7 Å². The summed E-state index contributed by atoms with van der Waals surface area (Å²) in [5.74, 6) is 0.644. The summed E-state index contributed by atoms with van der Waals surface area (Å²) in [4.78, 5) is 21.4. The fourth-order valence-electron chi connectivity index (χ4n) is 4.17. The van der Waals surface area contributed by atoms with E-state index in [9.17, 15) is 13.2 Å². The lowest BCUT2D eigenvalue weighted by Gasteiger charge is -2.35. The summed E-state index contributed by atoms with van der Waals surface area (Å²) in [5.41, 5.74) is 1.95. The van der Waals surface area contributed by atoms with Crippen molar-refractivity contribution in [3.8, 4) is 11.4 Å². The van der Waals surface area contributed by atoms with Crippen LogP contribution < -0.4 is 4.90 Å². The Bertz CT molecular complexity index is 1260. The maximum absolute atomic E-state index is 13.0. The highest BCUT2D eigenvalue weighted by molar-refractivity contribution is 7.89. The van der Waals surface area contributed by atoms with E-state index in [2.05, 4.69) is 20.1 Å². The first-order valence-corrected chi connectivity index (χ1v) is 12.9. The van der Waals surface area contributed by atoms with Crippen molar-refractivity contribution in [2.75, 3.05) is 57.4 Å². The van der Waals surface area contributed by atoms with E-state index in [1.54, 1.807) is 23.2 Å². The number of anilines is 1. The molecule has 11 heteroatoms. The molecule has 2 fully saturated rings. The number of piperazine rings is 1. The Morgan fingerprint density at radius 1 is 0.800 bits per heavy atom. The number of sulfonamides is 1. The van der Waals surface area contributed by atoms with Gasteiger partial charge in [0.1, 0.15) is 5.69 Å². The average Bonchev–Trinajstić information content (AvgIpc) is 2.94. The van der Waals surface area contributed by atoms with Crippen LogP contribution in [0, 0.1) is 0 Å². The molecule has 2 aliphatic rings. The second-order valence-corrected chi connectivity index (χ2v) is 10.2. The molecule has 0 unspecified atom stereocenters. The molecule has 5 rings (SSSR count). The molecule has 35 heavy (non-hydrogen) atoms. The van der Waals surface area contributed by atoms with Crippen LogP contribution in [0.15, 0.2) is 65.7 Å². The number of morpholine rings is 1. The Balaban J connectivity index is 1.19. The molecule has 0 N–H and O–H groups in total. The van der Waals surface area contributed by atoms with E-state index in [0.29, 0.717) is 63.7 Å². The standard InChI is InChI=1S/C24H26N6O4S/c31-24(19-4-6-20(7-5-19)35(32,33)30-15-17-34-18-16-30)29-13-11-28(12-14-29)23-9-8-22(26-27-23)21-3-1-2-10-25-21/h1-10H,11-18H2. The minimum atomic E-state index is -3.58. The van der Waals surface area contributed by atoms with E-state index < -0.39 is 10.0 Å². The minimum Gasteiger partial charge on any atom is -0.379 e. The third-order valence-corrected chi connectivity index (χ3v) is 8.09. The summed E-state index contributed by atoms with van der Waals surface area (Å²) in [7, 11) is -3.58. The quantitative estimate of drug-likeness (QED) is 0.525. The van der Waals surface area contributed by atoms with Crippen LogP contribution in [0.25, 0.3) is 11.4 Å². The average molecular weight is 495 g/mol. The Kier molecular flexibility index (Phi) is 6.71. The van der Waals surface area contributed by atoms with Gasteiger partial charge in [-0.05, 0) is 48.5 Å². The van der Waals surface area contributed by atoms with Crippen LogP contribution in [-0.2, 0) is 14.8 Å². The Hall–Kier alpha value is -3.41. The van der Waals surface area contributed by atoms with E-state index in [4.69, 9.17) is 4.74 Å². The van der Waals surface area contributed by atoms with Gasteiger partial charge in [0.25, 0.3) is 5.91 Å². The van der Waals surface area contributed by atoms with Crippen LogP contribution in [0.5, 0.6) is 0 Å². The van der Waals surface area contributed by atoms with Gasteiger partial charge >= 0.3 is 0 Å². The molecule has 0 atom stereocenters. The van der Waals surface area contributed by atoms with Gasteiger partial charge in [0.05, 0.1) is 23.8 Å². The van der Waals surface area contributed by atoms with Gasteiger partial charge in [-0.25, -0.2) is 8.42 Å². The number of nitrogens with zero attached hydrogens (tertiary/aromatic N) is 6.